The first kappa shape index (κ1) is 15.4. The Balaban J connectivity index is 1.90. The standard InChI is InChI=1S/C12H16N2O6S/c1-8-10(11(15)16)6-9(20-8)7-13-12(17)14-2-4-21(18,19)5-3-14/h6H,2-5,7H2,1H3,(H,13,17)(H,15,16). The minimum absolute atomic E-state index is 0.0383. The Morgan fingerprint density at radius 3 is 2.52 bits per heavy atom. The molecular formula is C12H16N2O6S. The smallest absolute Gasteiger partial charge is 0.339 e. The van der Waals surface area contributed by atoms with E-state index in [-0.39, 0.29) is 42.5 Å². The largest absolute Gasteiger partial charge is 0.478 e. The highest BCUT2D eigenvalue weighted by Crippen LogP contribution is 2.14. The van der Waals surface area contributed by atoms with Gasteiger partial charge in [0.05, 0.1) is 18.1 Å². The van der Waals surface area contributed by atoms with E-state index in [1.54, 1.807) is 0 Å². The lowest BCUT2D eigenvalue weighted by Gasteiger charge is -2.26. The fourth-order valence-corrected chi connectivity index (χ4v) is 3.23. The number of rotatable bonds is 3. The molecule has 8 nitrogen and oxygen atoms in total. The molecule has 0 radical (unpaired) electrons. The summed E-state index contributed by atoms with van der Waals surface area (Å²) in [7, 11) is -3.03. The van der Waals surface area contributed by atoms with Crippen molar-refractivity contribution in [2.75, 3.05) is 24.6 Å². The summed E-state index contributed by atoms with van der Waals surface area (Å²) in [6, 6.07) is 0.967. The Morgan fingerprint density at radius 2 is 2.00 bits per heavy atom. The van der Waals surface area contributed by atoms with Gasteiger partial charge in [-0.2, -0.15) is 0 Å². The van der Waals surface area contributed by atoms with E-state index in [2.05, 4.69) is 5.32 Å². The van der Waals surface area contributed by atoms with E-state index in [4.69, 9.17) is 9.52 Å². The molecule has 1 fully saturated rings. The van der Waals surface area contributed by atoms with Crippen molar-refractivity contribution in [3.63, 3.8) is 0 Å². The van der Waals surface area contributed by atoms with Gasteiger partial charge in [0, 0.05) is 13.1 Å². The number of carboxylic acids is 1. The zero-order valence-electron chi connectivity index (χ0n) is 11.5. The van der Waals surface area contributed by atoms with E-state index < -0.39 is 21.8 Å². The van der Waals surface area contributed by atoms with Gasteiger partial charge in [-0.25, -0.2) is 18.0 Å². The Hall–Kier alpha value is -2.03. The maximum absolute atomic E-state index is 11.9. The van der Waals surface area contributed by atoms with E-state index >= 15 is 0 Å². The maximum Gasteiger partial charge on any atom is 0.339 e. The van der Waals surface area contributed by atoms with Gasteiger partial charge in [0.1, 0.15) is 17.1 Å². The van der Waals surface area contributed by atoms with Crippen LogP contribution >= 0.6 is 0 Å². The molecule has 1 aromatic rings. The third kappa shape index (κ3) is 3.75. The third-order valence-electron chi connectivity index (χ3n) is 3.24. The second-order valence-electron chi connectivity index (χ2n) is 4.79. The number of carbonyl (C=O) groups excluding carboxylic acids is 1. The average Bonchev–Trinajstić information content (AvgIpc) is 2.77. The number of aromatic carboxylic acids is 1. The van der Waals surface area contributed by atoms with E-state index in [0.717, 1.165) is 0 Å². The van der Waals surface area contributed by atoms with E-state index in [1.165, 1.54) is 17.9 Å². The minimum atomic E-state index is -3.03. The first-order valence-electron chi connectivity index (χ1n) is 6.34. The van der Waals surface area contributed by atoms with Crippen molar-refractivity contribution in [1.29, 1.82) is 0 Å². The second-order valence-corrected chi connectivity index (χ2v) is 7.09. The molecule has 2 amide bonds. The summed E-state index contributed by atoms with van der Waals surface area (Å²) in [5, 5.41) is 11.5. The zero-order chi connectivity index (χ0) is 15.6. The van der Waals surface area contributed by atoms with Crippen molar-refractivity contribution >= 4 is 21.8 Å². The fraction of sp³-hybridized carbons (Fsp3) is 0.500. The van der Waals surface area contributed by atoms with Gasteiger partial charge in [0.15, 0.2) is 9.84 Å². The molecule has 0 unspecified atom stereocenters. The van der Waals surface area contributed by atoms with E-state index in [9.17, 15) is 18.0 Å². The van der Waals surface area contributed by atoms with Crippen molar-refractivity contribution in [2.24, 2.45) is 0 Å². The molecule has 0 saturated carbocycles. The van der Waals surface area contributed by atoms with Crippen molar-refractivity contribution in [3.8, 4) is 0 Å². The molecule has 2 N–H and O–H groups in total. The molecule has 0 spiro atoms. The molecule has 2 heterocycles. The number of hydrogen-bond donors (Lipinski definition) is 2. The average molecular weight is 316 g/mol. The zero-order valence-corrected chi connectivity index (χ0v) is 12.3. The summed E-state index contributed by atoms with van der Waals surface area (Å²) in [5.74, 6) is -0.555. The van der Waals surface area contributed by atoms with Gasteiger partial charge >= 0.3 is 12.0 Å². The highest BCUT2D eigenvalue weighted by molar-refractivity contribution is 7.91. The van der Waals surface area contributed by atoms with Crippen LogP contribution in [0.25, 0.3) is 0 Å². The van der Waals surface area contributed by atoms with Gasteiger partial charge in [-0.15, -0.1) is 0 Å². The quantitative estimate of drug-likeness (QED) is 0.824. The molecule has 21 heavy (non-hydrogen) atoms. The summed E-state index contributed by atoms with van der Waals surface area (Å²) in [6.45, 7) is 1.90. The number of aryl methyl sites for hydroxylation is 1. The van der Waals surface area contributed by atoms with Crippen LogP contribution in [0.5, 0.6) is 0 Å². The lowest BCUT2D eigenvalue weighted by molar-refractivity contribution is 0.0695. The first-order valence-corrected chi connectivity index (χ1v) is 8.16. The highest BCUT2D eigenvalue weighted by Gasteiger charge is 2.25. The Morgan fingerprint density at radius 1 is 1.38 bits per heavy atom. The summed E-state index contributed by atoms with van der Waals surface area (Å²) in [6.07, 6.45) is 0. The first-order chi connectivity index (χ1) is 9.78. The van der Waals surface area contributed by atoms with Crippen molar-refractivity contribution in [3.05, 3.63) is 23.2 Å². The van der Waals surface area contributed by atoms with Crippen molar-refractivity contribution in [2.45, 2.75) is 13.5 Å². The van der Waals surface area contributed by atoms with Crippen LogP contribution in [-0.4, -0.2) is 55.0 Å². The van der Waals surface area contributed by atoms with Crippen molar-refractivity contribution < 1.29 is 27.5 Å². The second kappa shape index (κ2) is 5.76. The van der Waals surface area contributed by atoms with Gasteiger partial charge in [-0.1, -0.05) is 0 Å². The topological polar surface area (TPSA) is 117 Å². The highest BCUT2D eigenvalue weighted by atomic mass is 32.2. The summed E-state index contributed by atoms with van der Waals surface area (Å²) >= 11 is 0. The van der Waals surface area contributed by atoms with Gasteiger partial charge in [-0.05, 0) is 13.0 Å². The minimum Gasteiger partial charge on any atom is -0.478 e. The third-order valence-corrected chi connectivity index (χ3v) is 4.85. The van der Waals surface area contributed by atoms with Crippen LogP contribution < -0.4 is 5.32 Å². The van der Waals surface area contributed by atoms with Crippen LogP contribution in [0.3, 0.4) is 0 Å². The number of hydrogen-bond acceptors (Lipinski definition) is 5. The summed E-state index contributed by atoms with van der Waals surface area (Å²) in [4.78, 5) is 24.2. The molecule has 116 valence electrons. The number of sulfone groups is 1. The number of urea groups is 1. The monoisotopic (exact) mass is 316 g/mol. The number of nitrogens with zero attached hydrogens (tertiary/aromatic N) is 1. The van der Waals surface area contributed by atoms with Crippen LogP contribution in [0.1, 0.15) is 21.9 Å². The van der Waals surface area contributed by atoms with Crippen molar-refractivity contribution in [1.82, 2.24) is 10.2 Å². The van der Waals surface area contributed by atoms with Gasteiger partial charge in [-0.3, -0.25) is 0 Å². The molecule has 9 heteroatoms. The number of furan rings is 1. The molecule has 1 aliphatic heterocycles. The molecule has 0 aliphatic carbocycles. The van der Waals surface area contributed by atoms with Gasteiger partial charge in [0.25, 0.3) is 0 Å². The molecule has 0 atom stereocenters. The fourth-order valence-electron chi connectivity index (χ4n) is 2.03. The lowest BCUT2D eigenvalue weighted by atomic mass is 10.2. The van der Waals surface area contributed by atoms with Crippen LogP contribution in [0, 0.1) is 6.92 Å². The molecule has 1 aromatic heterocycles. The molecule has 0 aromatic carbocycles. The Bertz CT molecular complexity index is 649. The number of carboxylic acid groups (broad SMARTS) is 1. The lowest BCUT2D eigenvalue weighted by Crippen LogP contribution is -2.47. The van der Waals surface area contributed by atoms with Crippen LogP contribution in [0.4, 0.5) is 4.79 Å². The van der Waals surface area contributed by atoms with Gasteiger partial charge in [0.2, 0.25) is 0 Å². The van der Waals surface area contributed by atoms with Crippen LogP contribution in [0.2, 0.25) is 0 Å². The molecule has 0 bridgehead atoms. The predicted octanol–water partition coefficient (Wildman–Crippen LogP) is 0.226. The number of carbonyl (C=O) groups is 2. The molecule has 2 rings (SSSR count). The normalized spacial score (nSPS) is 17.5. The number of amides is 2. The molecule has 1 aliphatic rings. The summed E-state index contributed by atoms with van der Waals surface area (Å²) in [5.41, 5.74) is 0.0586. The Labute approximate surface area is 121 Å². The van der Waals surface area contributed by atoms with Crippen LogP contribution in [-0.2, 0) is 16.4 Å². The Kier molecular flexibility index (Phi) is 4.21. The number of nitrogens with one attached hydrogen (secondary N) is 1. The van der Waals surface area contributed by atoms with Crippen LogP contribution in [0.15, 0.2) is 10.5 Å². The molecular weight excluding hydrogens is 300 g/mol. The predicted molar refractivity (Wildman–Crippen MR) is 72.9 cm³/mol. The summed E-state index contributed by atoms with van der Waals surface area (Å²) < 4.78 is 27.8. The van der Waals surface area contributed by atoms with E-state index in [0.29, 0.717) is 5.76 Å². The van der Waals surface area contributed by atoms with E-state index in [1.807, 2.05) is 0 Å². The maximum atomic E-state index is 11.9. The molecule has 1 saturated heterocycles. The SMILES string of the molecule is Cc1oc(CNC(=O)N2CCS(=O)(=O)CC2)cc1C(=O)O. The van der Waals surface area contributed by atoms with Gasteiger partial charge < -0.3 is 19.7 Å².